The molecule has 7 rings (SSSR count). The van der Waals surface area contributed by atoms with Gasteiger partial charge in [0.05, 0.1) is 5.41 Å². The first-order chi connectivity index (χ1) is 19.3. The number of nitrogens with one attached hydrogen (secondary N) is 1. The summed E-state index contributed by atoms with van der Waals surface area (Å²) in [7, 11) is 2.08. The number of benzene rings is 3. The van der Waals surface area contributed by atoms with Gasteiger partial charge >= 0.3 is 0 Å². The first kappa shape index (κ1) is 26.0. The number of carbonyl (C=O) groups excluding carboxylic acids is 2. The van der Waals surface area contributed by atoms with Crippen molar-refractivity contribution < 1.29 is 9.59 Å². The van der Waals surface area contributed by atoms with Crippen LogP contribution in [0.15, 0.2) is 72.3 Å². The van der Waals surface area contributed by atoms with E-state index in [1.165, 1.54) is 0 Å². The third-order valence-electron chi connectivity index (χ3n) is 9.56. The molecule has 4 aliphatic heterocycles. The van der Waals surface area contributed by atoms with Gasteiger partial charge in [-0.05, 0) is 67.4 Å². The van der Waals surface area contributed by atoms with E-state index in [1.807, 2.05) is 48.2 Å². The fraction of sp³-hybridized carbons (Fsp3) is 0.333. The highest BCUT2D eigenvalue weighted by Gasteiger charge is 2.78. The number of carbonyl (C=O) groups is 2. The molecule has 40 heavy (non-hydrogen) atoms. The number of aryl methyl sites for hydroxylation is 2. The van der Waals surface area contributed by atoms with Gasteiger partial charge in [-0.1, -0.05) is 60.1 Å². The summed E-state index contributed by atoms with van der Waals surface area (Å²) in [5, 5.41) is 3.77. The molecule has 0 unspecified atom stereocenters. The van der Waals surface area contributed by atoms with Gasteiger partial charge in [-0.2, -0.15) is 0 Å². The third-order valence-corrected chi connectivity index (χ3v) is 10.8. The fourth-order valence-corrected chi connectivity index (χ4v) is 9.53. The minimum atomic E-state index is -1.18. The molecule has 4 heterocycles. The van der Waals surface area contributed by atoms with Gasteiger partial charge in [0.2, 0.25) is 0 Å². The monoisotopic (exact) mass is 569 g/mol. The van der Waals surface area contributed by atoms with Crippen LogP contribution in [-0.2, 0) is 15.1 Å². The molecule has 1 N–H and O–H groups in total. The number of anilines is 1. The zero-order valence-corrected chi connectivity index (χ0v) is 24.5. The molecule has 0 aliphatic carbocycles. The van der Waals surface area contributed by atoms with Crippen molar-refractivity contribution in [2.24, 2.45) is 5.41 Å². The van der Waals surface area contributed by atoms with Gasteiger partial charge in [-0.3, -0.25) is 14.5 Å². The summed E-state index contributed by atoms with van der Waals surface area (Å²) < 4.78 is 0. The van der Waals surface area contributed by atoms with Crippen LogP contribution in [0.4, 0.5) is 5.69 Å². The minimum absolute atomic E-state index is 0.0249. The molecule has 3 saturated heterocycles. The molecule has 3 aromatic rings. The second kappa shape index (κ2) is 9.31. The first-order valence-electron chi connectivity index (χ1n) is 13.8. The summed E-state index contributed by atoms with van der Waals surface area (Å²) in [6.45, 7) is 5.21. The molecule has 1 amide bonds. The van der Waals surface area contributed by atoms with Gasteiger partial charge in [0, 0.05) is 58.5 Å². The lowest BCUT2D eigenvalue weighted by molar-refractivity contribution is -0.146. The van der Waals surface area contributed by atoms with Crippen molar-refractivity contribution in [2.45, 2.75) is 31.3 Å². The number of nitrogens with zero attached hydrogens (tertiary/aromatic N) is 2. The van der Waals surface area contributed by atoms with E-state index >= 15 is 4.79 Å². The number of likely N-dealkylation sites (tertiary alicyclic amines) is 1. The van der Waals surface area contributed by atoms with E-state index in [1.54, 1.807) is 0 Å². The molecule has 5 nitrogen and oxygen atoms in total. The number of hydrogen-bond donors (Lipinski definition) is 1. The highest BCUT2D eigenvalue weighted by molar-refractivity contribution is 7.99. The van der Waals surface area contributed by atoms with Gasteiger partial charge in [0.15, 0.2) is 5.78 Å². The van der Waals surface area contributed by atoms with Gasteiger partial charge in [-0.25, -0.2) is 0 Å². The van der Waals surface area contributed by atoms with E-state index in [4.69, 9.17) is 11.6 Å². The highest BCUT2D eigenvalue weighted by atomic mass is 35.5. The van der Waals surface area contributed by atoms with E-state index in [0.717, 1.165) is 44.8 Å². The van der Waals surface area contributed by atoms with Crippen LogP contribution < -0.4 is 5.32 Å². The van der Waals surface area contributed by atoms with Gasteiger partial charge in [-0.15, -0.1) is 11.8 Å². The zero-order valence-electron chi connectivity index (χ0n) is 22.9. The quantitative estimate of drug-likeness (QED) is 0.392. The molecule has 3 aromatic carbocycles. The Hall–Kier alpha value is -2.90. The summed E-state index contributed by atoms with van der Waals surface area (Å²) >= 11 is 8.47. The Morgan fingerprint density at radius 2 is 1.77 bits per heavy atom. The Morgan fingerprint density at radius 3 is 2.55 bits per heavy atom. The van der Waals surface area contributed by atoms with Crippen molar-refractivity contribution in [3.05, 3.63) is 105 Å². The summed E-state index contributed by atoms with van der Waals surface area (Å²) in [5.41, 5.74) is 4.55. The molecular weight excluding hydrogens is 538 g/mol. The first-order valence-corrected chi connectivity index (χ1v) is 15.3. The van der Waals surface area contributed by atoms with E-state index in [-0.39, 0.29) is 23.7 Å². The third kappa shape index (κ3) is 3.37. The highest BCUT2D eigenvalue weighted by Crippen LogP contribution is 2.69. The number of likely N-dealkylation sites (N-methyl/N-ethyl adjacent to an activating group) is 1. The molecule has 0 aromatic heterocycles. The van der Waals surface area contributed by atoms with Crippen molar-refractivity contribution in [3.8, 4) is 0 Å². The molecule has 0 radical (unpaired) electrons. The largest absolute Gasteiger partial charge is 0.324 e. The Balaban J connectivity index is 1.56. The molecule has 0 saturated carbocycles. The number of hydrogen-bond acceptors (Lipinski definition) is 5. The Labute approximate surface area is 244 Å². The predicted octanol–water partition coefficient (Wildman–Crippen LogP) is 5.86. The maximum absolute atomic E-state index is 15.4. The molecule has 204 valence electrons. The van der Waals surface area contributed by atoms with Crippen LogP contribution in [0.2, 0.25) is 5.02 Å². The molecule has 2 spiro atoms. The smallest absolute Gasteiger partial charge is 0.250 e. The molecule has 4 atom stereocenters. The van der Waals surface area contributed by atoms with E-state index < -0.39 is 11.0 Å². The maximum atomic E-state index is 15.4. The average Bonchev–Trinajstić information content (AvgIpc) is 3.57. The van der Waals surface area contributed by atoms with Crippen LogP contribution >= 0.6 is 23.4 Å². The van der Waals surface area contributed by atoms with Crippen molar-refractivity contribution >= 4 is 46.8 Å². The van der Waals surface area contributed by atoms with Crippen LogP contribution in [0.1, 0.15) is 33.7 Å². The van der Waals surface area contributed by atoms with Crippen LogP contribution in [-0.4, -0.2) is 59.3 Å². The lowest BCUT2D eigenvalue weighted by atomic mass is 9.55. The second-order valence-corrected chi connectivity index (χ2v) is 13.2. The number of halogens is 1. The number of rotatable bonds is 2. The standard InChI is InChI=1S/C33H32ClN3O2S/c1-20-8-4-6-10-22(20)14-23-16-36(3)18-32(30(23)38)29(25-11-7-5-9-21(25)2)28-17-40-19-37(28)33(32)26-15-24(34)12-13-27(26)35-31(33)39/h4-15,28-29H,16-19H2,1-3H3,(H,35,39)/b23-14+/t28-,29+,32-,33-/m0/s1. The molecule has 7 heteroatoms. The number of amides is 1. The average molecular weight is 570 g/mol. The molecule has 4 aliphatic rings. The second-order valence-electron chi connectivity index (χ2n) is 11.7. The fourth-order valence-electron chi connectivity index (χ4n) is 8.05. The number of piperidine rings is 1. The molecule has 3 fully saturated rings. The van der Waals surface area contributed by atoms with Gasteiger partial charge < -0.3 is 10.2 Å². The summed E-state index contributed by atoms with van der Waals surface area (Å²) in [4.78, 5) is 34.6. The number of ketones is 1. The van der Waals surface area contributed by atoms with E-state index in [9.17, 15) is 4.79 Å². The topological polar surface area (TPSA) is 52.7 Å². The summed E-state index contributed by atoms with van der Waals surface area (Å²) in [6, 6.07) is 22.2. The lowest BCUT2D eigenvalue weighted by Gasteiger charge is -2.51. The number of thioether (sulfide) groups is 1. The SMILES string of the molecule is Cc1ccccc1/C=C1\CN(C)C[C@@]2(C1=O)[C@H](c1ccccc1C)[C@@H]1CSCN1[C@@]21C(=O)Nc2ccc(Cl)cc21. The van der Waals surface area contributed by atoms with Crippen LogP contribution in [0.25, 0.3) is 6.08 Å². The normalized spacial score (nSPS) is 30.9. The Bertz CT molecular complexity index is 1600. The molecular formula is C33H32ClN3O2S. The summed E-state index contributed by atoms with van der Waals surface area (Å²) in [5.74, 6) is 1.33. The summed E-state index contributed by atoms with van der Waals surface area (Å²) in [6.07, 6.45) is 2.06. The van der Waals surface area contributed by atoms with Crippen LogP contribution in [0.3, 0.4) is 0 Å². The minimum Gasteiger partial charge on any atom is -0.324 e. The molecule has 0 bridgehead atoms. The van der Waals surface area contributed by atoms with E-state index in [2.05, 4.69) is 72.4 Å². The van der Waals surface area contributed by atoms with Crippen molar-refractivity contribution in [1.29, 1.82) is 0 Å². The van der Waals surface area contributed by atoms with Crippen LogP contribution in [0.5, 0.6) is 0 Å². The van der Waals surface area contributed by atoms with Gasteiger partial charge in [0.1, 0.15) is 5.54 Å². The van der Waals surface area contributed by atoms with Crippen molar-refractivity contribution in [1.82, 2.24) is 9.80 Å². The van der Waals surface area contributed by atoms with Crippen molar-refractivity contribution in [2.75, 3.05) is 37.1 Å². The Kier molecular flexibility index (Phi) is 6.06. The number of fused-ring (bicyclic) bond motifs is 5. The predicted molar refractivity (Wildman–Crippen MR) is 163 cm³/mol. The van der Waals surface area contributed by atoms with Crippen molar-refractivity contribution in [3.63, 3.8) is 0 Å². The van der Waals surface area contributed by atoms with Crippen LogP contribution in [0, 0.1) is 19.3 Å². The van der Waals surface area contributed by atoms with E-state index in [0.29, 0.717) is 24.0 Å². The lowest BCUT2D eigenvalue weighted by Crippen LogP contribution is -2.65. The number of Topliss-reactive ketones (excluding diaryl/α,β-unsaturated/α-hetero) is 1. The zero-order chi connectivity index (χ0) is 27.8. The van der Waals surface area contributed by atoms with Gasteiger partial charge in [0.25, 0.3) is 5.91 Å². The Morgan fingerprint density at radius 1 is 1.02 bits per heavy atom. The maximum Gasteiger partial charge on any atom is 0.250 e.